The molecule has 0 saturated heterocycles. The van der Waals surface area contributed by atoms with Crippen molar-refractivity contribution in [3.8, 4) is 28.0 Å². The van der Waals surface area contributed by atoms with Crippen molar-refractivity contribution >= 4 is 30.5 Å². The highest BCUT2D eigenvalue weighted by molar-refractivity contribution is 7.47. The molecule has 12 heteroatoms. The molecule has 2 unspecified atom stereocenters. The molecule has 0 saturated carbocycles. The molecule has 0 aliphatic rings. The third-order valence-electron chi connectivity index (χ3n) is 5.61. The third-order valence-corrected chi connectivity index (χ3v) is 6.76. The first-order valence-corrected chi connectivity index (χ1v) is 13.0. The minimum atomic E-state index is -4.32. The number of ether oxygens (including phenoxy) is 1. The number of hydrogen-bond acceptors (Lipinski definition) is 7. The number of carbonyl (C=O) groups excluding carboxylic acids is 1. The van der Waals surface area contributed by atoms with Crippen molar-refractivity contribution in [2.75, 3.05) is 19.0 Å². The SMILES string of the molecule is C=CC(=O)Nc1cc(OC)cc(-c2cnc3c(c2)c(-c2ccnc(F)c2)cn3C(C)OP(=O)(O)OCC)c1. The first-order chi connectivity index (χ1) is 18.1. The van der Waals surface area contributed by atoms with Crippen LogP contribution >= 0.6 is 7.82 Å². The number of amides is 1. The third kappa shape index (κ3) is 5.98. The van der Waals surface area contributed by atoms with Crippen molar-refractivity contribution in [2.45, 2.75) is 20.1 Å². The van der Waals surface area contributed by atoms with Gasteiger partial charge in [0.1, 0.15) is 17.6 Å². The zero-order chi connectivity index (χ0) is 27.4. The van der Waals surface area contributed by atoms with Crippen LogP contribution in [0.1, 0.15) is 20.1 Å². The number of halogens is 1. The Morgan fingerprint density at radius 3 is 2.71 bits per heavy atom. The molecule has 0 fully saturated rings. The Morgan fingerprint density at radius 2 is 2.03 bits per heavy atom. The summed E-state index contributed by atoms with van der Waals surface area (Å²) in [5, 5.41) is 3.34. The van der Waals surface area contributed by atoms with E-state index in [1.165, 1.54) is 19.4 Å². The maximum absolute atomic E-state index is 14.0. The van der Waals surface area contributed by atoms with Gasteiger partial charge in [0.15, 0.2) is 0 Å². The van der Waals surface area contributed by atoms with Crippen LogP contribution in [0.3, 0.4) is 0 Å². The van der Waals surface area contributed by atoms with Gasteiger partial charge in [-0.3, -0.25) is 13.8 Å². The summed E-state index contributed by atoms with van der Waals surface area (Å²) in [5.74, 6) is -0.532. The van der Waals surface area contributed by atoms with E-state index in [-0.39, 0.29) is 12.5 Å². The number of methoxy groups -OCH3 is 1. The number of anilines is 1. The fraction of sp³-hybridized carbons (Fsp3) is 0.192. The Balaban J connectivity index is 1.87. The molecule has 0 aliphatic heterocycles. The lowest BCUT2D eigenvalue weighted by atomic mass is 10.0. The van der Waals surface area contributed by atoms with Gasteiger partial charge in [0.25, 0.3) is 0 Å². The fourth-order valence-electron chi connectivity index (χ4n) is 3.95. The van der Waals surface area contributed by atoms with Crippen LogP contribution in [-0.4, -0.2) is 39.1 Å². The number of fused-ring (bicyclic) bond motifs is 1. The zero-order valence-electron chi connectivity index (χ0n) is 20.9. The second-order valence-electron chi connectivity index (χ2n) is 8.15. The molecule has 38 heavy (non-hydrogen) atoms. The van der Waals surface area contributed by atoms with E-state index in [0.717, 1.165) is 6.08 Å². The molecular formula is C26H26FN4O6P. The summed E-state index contributed by atoms with van der Waals surface area (Å²) in [7, 11) is -2.81. The number of benzene rings is 1. The second-order valence-corrected chi connectivity index (χ2v) is 9.55. The summed E-state index contributed by atoms with van der Waals surface area (Å²) >= 11 is 0. The predicted molar refractivity (Wildman–Crippen MR) is 141 cm³/mol. The van der Waals surface area contributed by atoms with E-state index >= 15 is 0 Å². The van der Waals surface area contributed by atoms with Gasteiger partial charge < -0.3 is 19.5 Å². The number of carbonyl (C=O) groups is 1. The summed E-state index contributed by atoms with van der Waals surface area (Å²) in [6.45, 7) is 6.61. The van der Waals surface area contributed by atoms with Gasteiger partial charge in [-0.05, 0) is 55.3 Å². The van der Waals surface area contributed by atoms with Gasteiger partial charge in [-0.15, -0.1) is 0 Å². The summed E-state index contributed by atoms with van der Waals surface area (Å²) in [5.41, 5.74) is 3.41. The van der Waals surface area contributed by atoms with E-state index < -0.39 is 20.0 Å². The quantitative estimate of drug-likeness (QED) is 0.149. The Bertz CT molecular complexity index is 1560. The predicted octanol–water partition coefficient (Wildman–Crippen LogP) is 5.71. The minimum Gasteiger partial charge on any atom is -0.497 e. The van der Waals surface area contributed by atoms with Crippen molar-refractivity contribution in [2.24, 2.45) is 0 Å². The van der Waals surface area contributed by atoms with Gasteiger partial charge in [-0.1, -0.05) is 6.58 Å². The van der Waals surface area contributed by atoms with Crippen LogP contribution in [0.5, 0.6) is 5.75 Å². The fourth-order valence-corrected chi connectivity index (χ4v) is 4.83. The normalized spacial score (nSPS) is 13.6. The second kappa shape index (κ2) is 11.2. The Labute approximate surface area is 218 Å². The number of nitrogens with zero attached hydrogens (tertiary/aromatic N) is 3. The van der Waals surface area contributed by atoms with Gasteiger partial charge in [-0.2, -0.15) is 4.39 Å². The Hall–Kier alpha value is -3.89. The van der Waals surface area contributed by atoms with Crippen LogP contribution in [-0.2, 0) is 18.4 Å². The first-order valence-electron chi connectivity index (χ1n) is 11.5. The number of aromatic nitrogens is 3. The van der Waals surface area contributed by atoms with Gasteiger partial charge in [0.05, 0.1) is 13.7 Å². The molecule has 2 N–H and O–H groups in total. The Kier molecular flexibility index (Phi) is 8.03. The number of pyridine rings is 2. The van der Waals surface area contributed by atoms with Crippen molar-refractivity contribution in [3.05, 3.63) is 73.6 Å². The molecule has 1 amide bonds. The standard InChI is InChI=1S/C26H26FN4O6P/c1-5-25(32)30-20-9-18(10-21(13-20)35-4)19-11-22-23(17-7-8-28-24(27)12-17)15-31(26(22)29-14-19)16(3)37-38(33,34)36-6-2/h5,7-16H,1,6H2,2-4H3,(H,30,32)(H,33,34). The summed E-state index contributed by atoms with van der Waals surface area (Å²) in [4.78, 5) is 30.1. The van der Waals surface area contributed by atoms with Crippen LogP contribution in [0.4, 0.5) is 10.1 Å². The van der Waals surface area contributed by atoms with Crippen LogP contribution in [0.25, 0.3) is 33.3 Å². The largest absolute Gasteiger partial charge is 0.497 e. The minimum absolute atomic E-state index is 0.00808. The van der Waals surface area contributed by atoms with Crippen molar-refractivity contribution in [3.63, 3.8) is 0 Å². The highest BCUT2D eigenvalue weighted by Gasteiger charge is 2.26. The lowest BCUT2D eigenvalue weighted by molar-refractivity contribution is -0.111. The number of hydrogen-bond donors (Lipinski definition) is 2. The van der Waals surface area contributed by atoms with E-state index in [1.54, 1.807) is 55.1 Å². The van der Waals surface area contributed by atoms with Crippen molar-refractivity contribution in [1.82, 2.24) is 14.5 Å². The van der Waals surface area contributed by atoms with Crippen LogP contribution in [0.2, 0.25) is 0 Å². The Morgan fingerprint density at radius 1 is 1.24 bits per heavy atom. The first kappa shape index (κ1) is 27.2. The number of rotatable bonds is 10. The van der Waals surface area contributed by atoms with Crippen LogP contribution in [0.15, 0.2) is 67.6 Å². The molecule has 0 spiro atoms. The smallest absolute Gasteiger partial charge is 0.474 e. The molecule has 3 aromatic heterocycles. The molecule has 198 valence electrons. The molecule has 4 rings (SSSR count). The van der Waals surface area contributed by atoms with Crippen LogP contribution in [0, 0.1) is 5.95 Å². The van der Waals surface area contributed by atoms with Crippen molar-refractivity contribution in [1.29, 1.82) is 0 Å². The average molecular weight is 540 g/mol. The van der Waals surface area contributed by atoms with Crippen LogP contribution < -0.4 is 10.1 Å². The molecular weight excluding hydrogens is 514 g/mol. The highest BCUT2D eigenvalue weighted by Crippen LogP contribution is 2.47. The summed E-state index contributed by atoms with van der Waals surface area (Å²) < 4.78 is 43.4. The number of phosphoric acid groups is 1. The molecule has 0 radical (unpaired) electrons. The molecule has 4 aromatic rings. The van der Waals surface area contributed by atoms with E-state index in [9.17, 15) is 18.6 Å². The van der Waals surface area contributed by atoms with Gasteiger partial charge in [-0.25, -0.2) is 14.5 Å². The molecule has 10 nitrogen and oxygen atoms in total. The van der Waals surface area contributed by atoms with E-state index in [2.05, 4.69) is 21.9 Å². The summed E-state index contributed by atoms with van der Waals surface area (Å²) in [6, 6.07) is 9.97. The highest BCUT2D eigenvalue weighted by atomic mass is 31.2. The average Bonchev–Trinajstić information content (AvgIpc) is 3.27. The van der Waals surface area contributed by atoms with Gasteiger partial charge >= 0.3 is 7.82 Å². The molecule has 1 aromatic carbocycles. The molecule has 0 aliphatic carbocycles. The molecule has 0 bridgehead atoms. The molecule has 3 heterocycles. The zero-order valence-corrected chi connectivity index (χ0v) is 21.8. The lowest BCUT2D eigenvalue weighted by Gasteiger charge is -2.18. The maximum Gasteiger partial charge on any atom is 0.474 e. The van der Waals surface area contributed by atoms with E-state index in [0.29, 0.717) is 44.7 Å². The van der Waals surface area contributed by atoms with Gasteiger partial charge in [0.2, 0.25) is 11.9 Å². The van der Waals surface area contributed by atoms with E-state index in [4.69, 9.17) is 13.8 Å². The maximum atomic E-state index is 14.0. The van der Waals surface area contributed by atoms with E-state index in [1.807, 2.05) is 6.07 Å². The number of phosphoric ester groups is 1. The van der Waals surface area contributed by atoms with Crippen molar-refractivity contribution < 1.29 is 32.4 Å². The molecule has 2 atom stereocenters. The topological polar surface area (TPSA) is 125 Å². The monoisotopic (exact) mass is 540 g/mol. The number of nitrogens with one attached hydrogen (secondary N) is 1. The van der Waals surface area contributed by atoms with Gasteiger partial charge in [0, 0.05) is 52.9 Å². The summed E-state index contributed by atoms with van der Waals surface area (Å²) in [6.07, 6.45) is 4.83. The lowest BCUT2D eigenvalue weighted by Crippen LogP contribution is -2.09.